The van der Waals surface area contributed by atoms with Crippen LogP contribution in [0, 0.1) is 5.92 Å². The quantitative estimate of drug-likeness (QED) is 0.687. The van der Waals surface area contributed by atoms with Gasteiger partial charge in [-0.15, -0.1) is 0 Å². The molecule has 2 aromatic carbocycles. The van der Waals surface area contributed by atoms with Crippen molar-refractivity contribution in [2.24, 2.45) is 5.92 Å². The lowest BCUT2D eigenvalue weighted by Gasteiger charge is -2.40. The number of carbonyl (C=O) groups excluding carboxylic acids is 1. The summed E-state index contributed by atoms with van der Waals surface area (Å²) < 4.78 is 12.3. The molecule has 0 spiro atoms. The van der Waals surface area contributed by atoms with Gasteiger partial charge in [-0.1, -0.05) is 13.0 Å². The Hall–Kier alpha value is -2.53. The van der Waals surface area contributed by atoms with E-state index in [-0.39, 0.29) is 5.91 Å². The third kappa shape index (κ3) is 3.80. The molecule has 2 aliphatic carbocycles. The highest BCUT2D eigenvalue weighted by Gasteiger charge is 2.37. The first kappa shape index (κ1) is 20.4. The molecular formula is C26H32N2O3. The molecule has 1 aliphatic heterocycles. The first-order valence-corrected chi connectivity index (χ1v) is 11.6. The second kappa shape index (κ2) is 8.19. The van der Waals surface area contributed by atoms with E-state index in [1.807, 2.05) is 13.0 Å². The summed E-state index contributed by atoms with van der Waals surface area (Å²) in [5, 5.41) is 3.07. The number of methoxy groups -OCH3 is 1. The number of nitrogens with one attached hydrogen (secondary N) is 1. The highest BCUT2D eigenvalue weighted by molar-refractivity contribution is 5.93. The summed E-state index contributed by atoms with van der Waals surface area (Å²) >= 11 is 0. The van der Waals surface area contributed by atoms with Gasteiger partial charge in [0.05, 0.1) is 13.7 Å². The van der Waals surface area contributed by atoms with Crippen LogP contribution in [0.3, 0.4) is 0 Å². The van der Waals surface area contributed by atoms with Crippen molar-refractivity contribution in [2.45, 2.75) is 51.5 Å². The van der Waals surface area contributed by atoms with E-state index in [0.717, 1.165) is 49.6 Å². The van der Waals surface area contributed by atoms with E-state index in [1.54, 1.807) is 7.11 Å². The van der Waals surface area contributed by atoms with Crippen LogP contribution >= 0.6 is 0 Å². The zero-order valence-electron chi connectivity index (χ0n) is 18.8. The van der Waals surface area contributed by atoms with Crippen LogP contribution in [0.15, 0.2) is 24.3 Å². The number of ether oxygens (including phenoxy) is 2. The fourth-order valence-corrected chi connectivity index (χ4v) is 5.00. The zero-order valence-corrected chi connectivity index (χ0v) is 18.8. The molecule has 164 valence electrons. The van der Waals surface area contributed by atoms with Gasteiger partial charge in [-0.2, -0.15) is 0 Å². The van der Waals surface area contributed by atoms with Crippen molar-refractivity contribution < 1.29 is 14.3 Å². The Labute approximate surface area is 184 Å². The van der Waals surface area contributed by atoms with E-state index >= 15 is 0 Å². The summed E-state index contributed by atoms with van der Waals surface area (Å²) in [6, 6.07) is 8.88. The van der Waals surface area contributed by atoms with Crippen LogP contribution in [0.4, 0.5) is 5.69 Å². The fraction of sp³-hybridized carbons (Fsp3) is 0.500. The van der Waals surface area contributed by atoms with Crippen molar-refractivity contribution in [3.63, 3.8) is 0 Å². The normalized spacial score (nSPS) is 19.4. The number of benzene rings is 2. The molecule has 0 bridgehead atoms. The molecule has 0 saturated heterocycles. The second-order valence-corrected chi connectivity index (χ2v) is 9.23. The van der Waals surface area contributed by atoms with Crippen molar-refractivity contribution in [2.75, 3.05) is 32.6 Å². The molecule has 2 aromatic rings. The van der Waals surface area contributed by atoms with Gasteiger partial charge in [0.15, 0.2) is 11.5 Å². The van der Waals surface area contributed by atoms with Gasteiger partial charge in [-0.05, 0) is 85.5 Å². The lowest BCUT2D eigenvalue weighted by molar-refractivity contribution is -0.116. The maximum absolute atomic E-state index is 12.2. The SMILES string of the molecule is CCCC(=O)Nc1ccc2c(c1)-c1c(OCC3CC3)c(OC)cc3c1C(C2)N(C)CC3. The van der Waals surface area contributed by atoms with Crippen LogP contribution in [0.5, 0.6) is 11.5 Å². The highest BCUT2D eigenvalue weighted by atomic mass is 16.5. The maximum Gasteiger partial charge on any atom is 0.224 e. The molecule has 5 rings (SSSR count). The largest absolute Gasteiger partial charge is 0.493 e. The van der Waals surface area contributed by atoms with Crippen LogP contribution in [0.2, 0.25) is 0 Å². The minimum Gasteiger partial charge on any atom is -0.493 e. The van der Waals surface area contributed by atoms with Gasteiger partial charge < -0.3 is 14.8 Å². The Morgan fingerprint density at radius 1 is 1.23 bits per heavy atom. The van der Waals surface area contributed by atoms with E-state index in [0.29, 0.717) is 18.4 Å². The van der Waals surface area contributed by atoms with Crippen molar-refractivity contribution in [1.82, 2.24) is 4.90 Å². The molecule has 3 aliphatic rings. The molecule has 1 N–H and O–H groups in total. The topological polar surface area (TPSA) is 50.8 Å². The molecule has 5 nitrogen and oxygen atoms in total. The number of amides is 1. The van der Waals surface area contributed by atoms with Crippen LogP contribution in [-0.2, 0) is 17.6 Å². The van der Waals surface area contributed by atoms with Gasteiger partial charge in [-0.25, -0.2) is 0 Å². The monoisotopic (exact) mass is 420 g/mol. The highest BCUT2D eigenvalue weighted by Crippen LogP contribution is 2.53. The second-order valence-electron chi connectivity index (χ2n) is 9.23. The van der Waals surface area contributed by atoms with Crippen molar-refractivity contribution in [1.29, 1.82) is 0 Å². The standard InChI is InChI=1S/C26H32N2O3/c1-4-5-23(29)27-19-9-8-17-12-21-24-18(10-11-28(21)2)13-22(30-3)26(25(24)20(17)14-19)31-15-16-6-7-16/h8-9,13-14,16,21H,4-7,10-12,15H2,1-3H3,(H,27,29). The molecule has 1 heterocycles. The average molecular weight is 421 g/mol. The zero-order chi connectivity index (χ0) is 21.5. The molecule has 1 atom stereocenters. The number of hydrogen-bond acceptors (Lipinski definition) is 4. The molecule has 1 fully saturated rings. The van der Waals surface area contributed by atoms with Crippen molar-refractivity contribution in [3.05, 3.63) is 41.0 Å². The van der Waals surface area contributed by atoms with Gasteiger partial charge in [0.2, 0.25) is 5.91 Å². The molecule has 1 unspecified atom stereocenters. The average Bonchev–Trinajstić information content (AvgIpc) is 3.59. The predicted octanol–water partition coefficient (Wildman–Crippen LogP) is 4.97. The summed E-state index contributed by atoms with van der Waals surface area (Å²) in [7, 11) is 3.95. The summed E-state index contributed by atoms with van der Waals surface area (Å²) in [6.45, 7) is 3.81. The smallest absolute Gasteiger partial charge is 0.224 e. The van der Waals surface area contributed by atoms with E-state index in [1.165, 1.54) is 40.7 Å². The number of carbonyl (C=O) groups is 1. The van der Waals surface area contributed by atoms with E-state index < -0.39 is 0 Å². The van der Waals surface area contributed by atoms with E-state index in [4.69, 9.17) is 9.47 Å². The fourth-order valence-electron chi connectivity index (χ4n) is 5.00. The Morgan fingerprint density at radius 3 is 2.81 bits per heavy atom. The summed E-state index contributed by atoms with van der Waals surface area (Å²) in [6.07, 6.45) is 5.86. The summed E-state index contributed by atoms with van der Waals surface area (Å²) in [4.78, 5) is 14.7. The summed E-state index contributed by atoms with van der Waals surface area (Å²) in [5.41, 5.74) is 7.23. The number of hydrogen-bond donors (Lipinski definition) is 1. The van der Waals surface area contributed by atoms with Crippen LogP contribution in [0.1, 0.15) is 55.3 Å². The molecule has 0 radical (unpaired) electrons. The first-order valence-electron chi connectivity index (χ1n) is 11.6. The van der Waals surface area contributed by atoms with Crippen molar-refractivity contribution >= 4 is 11.6 Å². The number of anilines is 1. The predicted molar refractivity (Wildman–Crippen MR) is 123 cm³/mol. The lowest BCUT2D eigenvalue weighted by atomic mass is 9.76. The molecule has 1 saturated carbocycles. The van der Waals surface area contributed by atoms with Crippen LogP contribution in [-0.4, -0.2) is 38.1 Å². The lowest BCUT2D eigenvalue weighted by Crippen LogP contribution is -2.35. The summed E-state index contributed by atoms with van der Waals surface area (Å²) in [5.74, 6) is 2.42. The molecule has 31 heavy (non-hydrogen) atoms. The van der Waals surface area contributed by atoms with Crippen LogP contribution < -0.4 is 14.8 Å². The molecule has 0 aromatic heterocycles. The number of rotatable bonds is 7. The minimum absolute atomic E-state index is 0.0637. The third-order valence-corrected chi connectivity index (χ3v) is 6.90. The minimum atomic E-state index is 0.0637. The number of nitrogens with zero attached hydrogens (tertiary/aromatic N) is 1. The Bertz CT molecular complexity index is 1010. The number of likely N-dealkylation sites (N-methyl/N-ethyl adjacent to an activating group) is 1. The van der Waals surface area contributed by atoms with Gasteiger partial charge >= 0.3 is 0 Å². The molecular weight excluding hydrogens is 388 g/mol. The molecule has 1 amide bonds. The molecule has 5 heteroatoms. The van der Waals surface area contributed by atoms with E-state index in [9.17, 15) is 4.79 Å². The van der Waals surface area contributed by atoms with Gasteiger partial charge in [-0.3, -0.25) is 9.69 Å². The van der Waals surface area contributed by atoms with Crippen molar-refractivity contribution in [3.8, 4) is 22.6 Å². The Balaban J connectivity index is 1.65. The Kier molecular flexibility index (Phi) is 5.39. The van der Waals surface area contributed by atoms with E-state index in [2.05, 4.69) is 35.5 Å². The van der Waals surface area contributed by atoms with Gasteiger partial charge in [0.1, 0.15) is 0 Å². The number of fused-ring (bicyclic) bond motifs is 2. The maximum atomic E-state index is 12.2. The third-order valence-electron chi connectivity index (χ3n) is 6.90. The Morgan fingerprint density at radius 2 is 2.06 bits per heavy atom. The van der Waals surface area contributed by atoms with Gasteiger partial charge in [0.25, 0.3) is 0 Å². The first-order chi connectivity index (χ1) is 15.1. The van der Waals surface area contributed by atoms with Gasteiger partial charge in [0, 0.05) is 30.3 Å². The van der Waals surface area contributed by atoms with Crippen LogP contribution in [0.25, 0.3) is 11.1 Å².